The molecule has 1 N–H and O–H groups in total. The minimum absolute atomic E-state index is 0.100. The first kappa shape index (κ1) is 14.6. The molecule has 2 fully saturated rings. The van der Waals surface area contributed by atoms with Crippen molar-refractivity contribution in [2.45, 2.75) is 40.0 Å². The average molecular weight is 306 g/mol. The Balaban J connectivity index is 1.90. The summed E-state index contributed by atoms with van der Waals surface area (Å²) in [5.74, 6) is 0.269. The number of amides is 1. The standard InChI is InChI=1S/C17H20ClNO2/c1-10-12(18)5-4-6-13(10)19-15(21)17-8-7-11(9-17)16(2,3)14(17)20/h4-6,11H,7-9H2,1-3H3,(H,19,21). The molecule has 1 aromatic carbocycles. The predicted molar refractivity (Wildman–Crippen MR) is 83.4 cm³/mol. The Morgan fingerprint density at radius 2 is 2.10 bits per heavy atom. The third kappa shape index (κ3) is 1.94. The average Bonchev–Trinajstić information content (AvgIpc) is 2.96. The lowest BCUT2D eigenvalue weighted by atomic mass is 9.70. The number of nitrogens with one attached hydrogen (secondary N) is 1. The van der Waals surface area contributed by atoms with Crippen LogP contribution >= 0.6 is 11.6 Å². The number of rotatable bonds is 2. The van der Waals surface area contributed by atoms with Crippen molar-refractivity contribution in [3.63, 3.8) is 0 Å². The quantitative estimate of drug-likeness (QED) is 0.840. The van der Waals surface area contributed by atoms with Crippen molar-refractivity contribution in [1.29, 1.82) is 0 Å². The van der Waals surface area contributed by atoms with Crippen LogP contribution in [0.5, 0.6) is 0 Å². The fourth-order valence-corrected chi connectivity index (χ4v) is 4.14. The van der Waals surface area contributed by atoms with Gasteiger partial charge in [-0.05, 0) is 49.8 Å². The van der Waals surface area contributed by atoms with E-state index in [1.165, 1.54) is 0 Å². The van der Waals surface area contributed by atoms with Crippen LogP contribution in [0, 0.1) is 23.7 Å². The topological polar surface area (TPSA) is 46.2 Å². The fourth-order valence-electron chi connectivity index (χ4n) is 3.96. The highest BCUT2D eigenvalue weighted by Gasteiger charge is 2.65. The van der Waals surface area contributed by atoms with Gasteiger partial charge in [0.1, 0.15) is 5.41 Å². The third-order valence-electron chi connectivity index (χ3n) is 5.51. The first-order valence-electron chi connectivity index (χ1n) is 7.40. The molecular weight excluding hydrogens is 286 g/mol. The van der Waals surface area contributed by atoms with Crippen molar-refractivity contribution in [3.05, 3.63) is 28.8 Å². The van der Waals surface area contributed by atoms with Crippen LogP contribution in [-0.2, 0) is 9.59 Å². The second kappa shape index (κ2) is 4.57. The highest BCUT2D eigenvalue weighted by Crippen LogP contribution is 2.60. The molecule has 3 rings (SSSR count). The van der Waals surface area contributed by atoms with E-state index in [4.69, 9.17) is 11.6 Å². The van der Waals surface area contributed by atoms with Gasteiger partial charge in [0.2, 0.25) is 5.91 Å². The van der Waals surface area contributed by atoms with Crippen molar-refractivity contribution in [3.8, 4) is 0 Å². The van der Waals surface area contributed by atoms with Crippen molar-refractivity contribution < 1.29 is 9.59 Å². The van der Waals surface area contributed by atoms with Crippen molar-refractivity contribution in [1.82, 2.24) is 0 Å². The second-order valence-electron chi connectivity index (χ2n) is 6.94. The van der Waals surface area contributed by atoms with E-state index in [2.05, 4.69) is 5.32 Å². The van der Waals surface area contributed by atoms with Gasteiger partial charge in [-0.1, -0.05) is 31.5 Å². The van der Waals surface area contributed by atoms with Crippen LogP contribution < -0.4 is 5.32 Å². The van der Waals surface area contributed by atoms with Gasteiger partial charge in [0.25, 0.3) is 0 Å². The zero-order valence-corrected chi connectivity index (χ0v) is 13.4. The zero-order chi connectivity index (χ0) is 15.4. The molecular formula is C17H20ClNO2. The third-order valence-corrected chi connectivity index (χ3v) is 5.91. The van der Waals surface area contributed by atoms with Crippen molar-refractivity contribution in [2.24, 2.45) is 16.7 Å². The molecule has 2 atom stereocenters. The van der Waals surface area contributed by atoms with E-state index in [9.17, 15) is 9.59 Å². The number of anilines is 1. The van der Waals surface area contributed by atoms with E-state index in [0.717, 1.165) is 12.0 Å². The molecule has 3 nitrogen and oxygen atoms in total. The largest absolute Gasteiger partial charge is 0.325 e. The molecule has 2 saturated carbocycles. The number of halogens is 1. The number of ketones is 1. The van der Waals surface area contributed by atoms with E-state index in [0.29, 0.717) is 29.5 Å². The Hall–Kier alpha value is -1.35. The molecule has 21 heavy (non-hydrogen) atoms. The molecule has 0 spiro atoms. The van der Waals surface area contributed by atoms with Gasteiger partial charge in [-0.3, -0.25) is 9.59 Å². The SMILES string of the molecule is Cc1c(Cl)cccc1NC(=O)C12CCC(C1)C(C)(C)C2=O. The summed E-state index contributed by atoms with van der Waals surface area (Å²) in [6.07, 6.45) is 2.32. The normalized spacial score (nSPS) is 29.7. The van der Waals surface area contributed by atoms with E-state index in [1.54, 1.807) is 12.1 Å². The van der Waals surface area contributed by atoms with Crippen LogP contribution in [0.25, 0.3) is 0 Å². The number of hydrogen-bond acceptors (Lipinski definition) is 2. The first-order chi connectivity index (χ1) is 9.79. The smallest absolute Gasteiger partial charge is 0.238 e. The summed E-state index contributed by atoms with van der Waals surface area (Å²) in [5, 5.41) is 3.55. The van der Waals surface area contributed by atoms with Crippen LogP contribution in [-0.4, -0.2) is 11.7 Å². The monoisotopic (exact) mass is 305 g/mol. The molecule has 2 aliphatic rings. The zero-order valence-electron chi connectivity index (χ0n) is 12.6. The van der Waals surface area contributed by atoms with Gasteiger partial charge in [-0.25, -0.2) is 0 Å². The number of benzene rings is 1. The minimum Gasteiger partial charge on any atom is -0.325 e. The second-order valence-corrected chi connectivity index (χ2v) is 7.35. The van der Waals surface area contributed by atoms with Gasteiger partial charge in [-0.2, -0.15) is 0 Å². The molecule has 0 aromatic heterocycles. The summed E-state index contributed by atoms with van der Waals surface area (Å²) in [5.41, 5.74) is 0.327. The van der Waals surface area contributed by atoms with E-state index in [1.807, 2.05) is 26.8 Å². The maximum Gasteiger partial charge on any atom is 0.238 e. The maximum atomic E-state index is 12.8. The number of carbonyl (C=O) groups is 2. The lowest BCUT2D eigenvalue weighted by molar-refractivity contribution is -0.142. The predicted octanol–water partition coefficient (Wildman–Crippen LogP) is 3.98. The summed E-state index contributed by atoms with van der Waals surface area (Å²) >= 11 is 6.09. The van der Waals surface area contributed by atoms with E-state index in [-0.39, 0.29) is 17.1 Å². The molecule has 2 unspecified atom stereocenters. The summed E-state index contributed by atoms with van der Waals surface area (Å²) in [6.45, 7) is 5.81. The van der Waals surface area contributed by atoms with E-state index < -0.39 is 5.41 Å². The van der Waals surface area contributed by atoms with Crippen LogP contribution in [0.2, 0.25) is 5.02 Å². The van der Waals surface area contributed by atoms with Crippen LogP contribution in [0.1, 0.15) is 38.7 Å². The lowest BCUT2D eigenvalue weighted by Gasteiger charge is -2.32. The molecule has 1 amide bonds. The molecule has 112 valence electrons. The Kier molecular flexibility index (Phi) is 3.17. The number of hydrogen-bond donors (Lipinski definition) is 1. The number of Topliss-reactive ketones (excluding diaryl/α,β-unsaturated/α-hetero) is 1. The Bertz CT molecular complexity index is 638. The maximum absolute atomic E-state index is 12.8. The van der Waals surface area contributed by atoms with Crippen LogP contribution in [0.3, 0.4) is 0 Å². The minimum atomic E-state index is -0.830. The summed E-state index contributed by atoms with van der Waals surface area (Å²) < 4.78 is 0. The number of fused-ring (bicyclic) bond motifs is 2. The number of carbonyl (C=O) groups excluding carboxylic acids is 2. The molecule has 1 aromatic rings. The fraction of sp³-hybridized carbons (Fsp3) is 0.529. The highest BCUT2D eigenvalue weighted by molar-refractivity contribution is 6.31. The Morgan fingerprint density at radius 1 is 1.38 bits per heavy atom. The molecule has 0 heterocycles. The summed E-state index contributed by atoms with van der Waals surface area (Å²) in [7, 11) is 0. The molecule has 2 aliphatic carbocycles. The molecule has 0 aliphatic heterocycles. The van der Waals surface area contributed by atoms with Crippen molar-refractivity contribution in [2.75, 3.05) is 5.32 Å². The molecule has 0 radical (unpaired) electrons. The Labute approximate surface area is 130 Å². The van der Waals surface area contributed by atoms with Gasteiger partial charge >= 0.3 is 0 Å². The molecule has 4 heteroatoms. The summed E-state index contributed by atoms with van der Waals surface area (Å²) in [4.78, 5) is 25.5. The van der Waals surface area contributed by atoms with Crippen LogP contribution in [0.15, 0.2) is 18.2 Å². The summed E-state index contributed by atoms with van der Waals surface area (Å²) in [6, 6.07) is 5.42. The van der Waals surface area contributed by atoms with Crippen LogP contribution in [0.4, 0.5) is 5.69 Å². The molecule has 0 saturated heterocycles. The molecule has 2 bridgehead atoms. The van der Waals surface area contributed by atoms with Gasteiger partial charge in [0.05, 0.1) is 0 Å². The van der Waals surface area contributed by atoms with Gasteiger partial charge in [0.15, 0.2) is 5.78 Å². The highest BCUT2D eigenvalue weighted by atomic mass is 35.5. The van der Waals surface area contributed by atoms with E-state index >= 15 is 0 Å². The lowest BCUT2D eigenvalue weighted by Crippen LogP contribution is -2.44. The van der Waals surface area contributed by atoms with Gasteiger partial charge in [0, 0.05) is 16.1 Å². The van der Waals surface area contributed by atoms with Crippen molar-refractivity contribution >= 4 is 29.0 Å². The Morgan fingerprint density at radius 3 is 2.71 bits per heavy atom. The van der Waals surface area contributed by atoms with Gasteiger partial charge in [-0.15, -0.1) is 0 Å². The van der Waals surface area contributed by atoms with Gasteiger partial charge < -0.3 is 5.32 Å². The first-order valence-corrected chi connectivity index (χ1v) is 7.78.